The van der Waals surface area contributed by atoms with Gasteiger partial charge >= 0.3 is 0 Å². The third kappa shape index (κ3) is 4.11. The average Bonchev–Trinajstić information content (AvgIpc) is 2.44. The van der Waals surface area contributed by atoms with Crippen LogP contribution in [0.5, 0.6) is 11.5 Å². The fourth-order valence-electron chi connectivity index (χ4n) is 1.50. The Morgan fingerprint density at radius 3 is 2.47 bits per heavy atom. The second kappa shape index (κ2) is 7.35. The summed E-state index contributed by atoms with van der Waals surface area (Å²) in [6.45, 7) is 2.53. The van der Waals surface area contributed by atoms with Crippen molar-refractivity contribution < 1.29 is 14.3 Å². The van der Waals surface area contributed by atoms with Gasteiger partial charge in [0, 0.05) is 23.5 Å². The van der Waals surface area contributed by atoms with Crippen LogP contribution in [0, 0.1) is 5.92 Å². The van der Waals surface area contributed by atoms with E-state index in [4.69, 9.17) is 15.2 Å². The molecule has 0 saturated heterocycles. The summed E-state index contributed by atoms with van der Waals surface area (Å²) in [5, 5.41) is 2.83. The summed E-state index contributed by atoms with van der Waals surface area (Å²) in [6, 6.07) is 3.64. The van der Waals surface area contributed by atoms with Crippen LogP contribution >= 0.6 is 15.9 Å². The molecule has 1 aromatic rings. The number of amides is 1. The molecule has 0 saturated carbocycles. The number of hydrogen-bond donors (Lipinski definition) is 2. The number of carbonyl (C=O) groups is 1. The molecule has 0 heterocycles. The molecule has 0 radical (unpaired) electrons. The molecule has 3 N–H and O–H groups in total. The fraction of sp³-hybridized carbons (Fsp3) is 0.462. The lowest BCUT2D eigenvalue weighted by atomic mass is 10.1. The van der Waals surface area contributed by atoms with Crippen LogP contribution in [0.3, 0.4) is 0 Å². The first-order valence-corrected chi connectivity index (χ1v) is 6.71. The number of hydrogen-bond acceptors (Lipinski definition) is 4. The van der Waals surface area contributed by atoms with Crippen molar-refractivity contribution in [2.45, 2.75) is 13.5 Å². The number of methoxy groups -OCH3 is 2. The molecule has 0 aliphatic heterocycles. The Kier molecular flexibility index (Phi) is 6.11. The molecule has 0 aliphatic carbocycles. The lowest BCUT2D eigenvalue weighted by molar-refractivity contribution is -0.124. The van der Waals surface area contributed by atoms with E-state index in [-0.39, 0.29) is 11.8 Å². The van der Waals surface area contributed by atoms with Crippen LogP contribution in [0.1, 0.15) is 12.5 Å². The van der Waals surface area contributed by atoms with Gasteiger partial charge in [0.25, 0.3) is 0 Å². The van der Waals surface area contributed by atoms with E-state index in [0.717, 1.165) is 10.0 Å². The first kappa shape index (κ1) is 15.8. The molecule has 106 valence electrons. The van der Waals surface area contributed by atoms with Crippen molar-refractivity contribution in [1.29, 1.82) is 0 Å². The third-order valence-electron chi connectivity index (χ3n) is 2.81. The minimum absolute atomic E-state index is 0.0656. The molecule has 19 heavy (non-hydrogen) atoms. The lowest BCUT2D eigenvalue weighted by Gasteiger charge is -2.14. The lowest BCUT2D eigenvalue weighted by Crippen LogP contribution is -2.32. The maximum absolute atomic E-state index is 11.7. The largest absolute Gasteiger partial charge is 0.493 e. The van der Waals surface area contributed by atoms with Gasteiger partial charge in [-0.3, -0.25) is 4.79 Å². The van der Waals surface area contributed by atoms with Crippen LogP contribution in [0.25, 0.3) is 0 Å². The van der Waals surface area contributed by atoms with E-state index in [1.165, 1.54) is 0 Å². The molecule has 1 unspecified atom stereocenters. The highest BCUT2D eigenvalue weighted by Gasteiger charge is 2.13. The van der Waals surface area contributed by atoms with Crippen LogP contribution in [-0.4, -0.2) is 26.7 Å². The van der Waals surface area contributed by atoms with E-state index in [1.54, 1.807) is 21.1 Å². The van der Waals surface area contributed by atoms with Crippen LogP contribution in [0.4, 0.5) is 0 Å². The summed E-state index contributed by atoms with van der Waals surface area (Å²) < 4.78 is 11.3. The Morgan fingerprint density at radius 2 is 1.95 bits per heavy atom. The van der Waals surface area contributed by atoms with Crippen LogP contribution < -0.4 is 20.5 Å². The summed E-state index contributed by atoms with van der Waals surface area (Å²) >= 11 is 3.44. The normalized spacial score (nSPS) is 11.8. The van der Waals surface area contributed by atoms with Crippen molar-refractivity contribution in [3.05, 3.63) is 22.2 Å². The molecule has 0 fully saturated rings. The van der Waals surface area contributed by atoms with Gasteiger partial charge in [-0.15, -0.1) is 0 Å². The van der Waals surface area contributed by atoms with Gasteiger partial charge in [-0.2, -0.15) is 0 Å². The molecule has 0 aliphatic rings. The van der Waals surface area contributed by atoms with Crippen molar-refractivity contribution in [2.75, 3.05) is 20.8 Å². The van der Waals surface area contributed by atoms with E-state index >= 15 is 0 Å². The maximum Gasteiger partial charge on any atom is 0.224 e. The number of nitrogens with two attached hydrogens (primary N) is 1. The second-order valence-electron chi connectivity index (χ2n) is 4.15. The SMILES string of the molecule is COc1cc(Br)c(CNC(=O)C(C)CN)cc1OC. The fourth-order valence-corrected chi connectivity index (χ4v) is 1.96. The van der Waals surface area contributed by atoms with E-state index in [0.29, 0.717) is 24.6 Å². The van der Waals surface area contributed by atoms with Crippen molar-refractivity contribution in [1.82, 2.24) is 5.32 Å². The Labute approximate surface area is 121 Å². The monoisotopic (exact) mass is 330 g/mol. The Hall–Kier alpha value is -1.27. The number of benzene rings is 1. The quantitative estimate of drug-likeness (QED) is 0.832. The van der Waals surface area contributed by atoms with E-state index in [1.807, 2.05) is 12.1 Å². The smallest absolute Gasteiger partial charge is 0.224 e. The molecule has 6 heteroatoms. The summed E-state index contributed by atoms with van der Waals surface area (Å²) in [5.41, 5.74) is 6.36. The van der Waals surface area contributed by atoms with Gasteiger partial charge in [0.2, 0.25) is 5.91 Å². The summed E-state index contributed by atoms with van der Waals surface area (Å²) in [4.78, 5) is 11.7. The van der Waals surface area contributed by atoms with Crippen molar-refractivity contribution in [3.63, 3.8) is 0 Å². The number of nitrogens with one attached hydrogen (secondary N) is 1. The van der Waals surface area contributed by atoms with Crippen molar-refractivity contribution in [2.24, 2.45) is 11.7 Å². The highest BCUT2D eigenvalue weighted by atomic mass is 79.9. The van der Waals surface area contributed by atoms with Gasteiger partial charge in [-0.05, 0) is 17.7 Å². The summed E-state index contributed by atoms with van der Waals surface area (Å²) in [5.74, 6) is 1.00. The van der Waals surface area contributed by atoms with E-state index < -0.39 is 0 Å². The maximum atomic E-state index is 11.7. The Morgan fingerprint density at radius 1 is 1.37 bits per heavy atom. The Balaban J connectivity index is 2.81. The number of rotatable bonds is 6. The van der Waals surface area contributed by atoms with E-state index in [9.17, 15) is 4.79 Å². The zero-order valence-corrected chi connectivity index (χ0v) is 12.9. The molecule has 0 aromatic heterocycles. The first-order valence-electron chi connectivity index (χ1n) is 5.91. The van der Waals surface area contributed by atoms with Gasteiger partial charge in [-0.1, -0.05) is 22.9 Å². The number of ether oxygens (including phenoxy) is 2. The molecule has 5 nitrogen and oxygen atoms in total. The molecule has 1 atom stereocenters. The molecule has 0 bridgehead atoms. The minimum atomic E-state index is -0.195. The predicted molar refractivity (Wildman–Crippen MR) is 77.3 cm³/mol. The second-order valence-corrected chi connectivity index (χ2v) is 5.01. The van der Waals surface area contributed by atoms with Crippen LogP contribution in [0.2, 0.25) is 0 Å². The zero-order valence-electron chi connectivity index (χ0n) is 11.3. The van der Waals surface area contributed by atoms with Gasteiger partial charge in [0.1, 0.15) is 0 Å². The zero-order chi connectivity index (χ0) is 14.4. The van der Waals surface area contributed by atoms with Gasteiger partial charge < -0.3 is 20.5 Å². The molecule has 1 rings (SSSR count). The molecular formula is C13H19BrN2O3. The average molecular weight is 331 g/mol. The summed E-state index contributed by atoms with van der Waals surface area (Å²) in [7, 11) is 3.15. The van der Waals surface area contributed by atoms with Gasteiger partial charge in [-0.25, -0.2) is 0 Å². The Bertz CT molecular complexity index is 452. The highest BCUT2D eigenvalue weighted by Crippen LogP contribution is 2.33. The number of carbonyl (C=O) groups excluding carboxylic acids is 1. The van der Waals surface area contributed by atoms with Crippen LogP contribution in [-0.2, 0) is 11.3 Å². The summed E-state index contributed by atoms with van der Waals surface area (Å²) in [6.07, 6.45) is 0. The minimum Gasteiger partial charge on any atom is -0.493 e. The molecule has 0 spiro atoms. The van der Waals surface area contributed by atoms with Crippen molar-refractivity contribution in [3.8, 4) is 11.5 Å². The topological polar surface area (TPSA) is 73.6 Å². The standard InChI is InChI=1S/C13H19BrN2O3/c1-8(6-15)13(17)16-7-9-4-11(18-2)12(19-3)5-10(9)14/h4-5,8H,6-7,15H2,1-3H3,(H,16,17). The van der Waals surface area contributed by atoms with Crippen molar-refractivity contribution >= 4 is 21.8 Å². The number of halogens is 1. The van der Waals surface area contributed by atoms with Gasteiger partial charge in [0.05, 0.1) is 14.2 Å². The van der Waals surface area contributed by atoms with E-state index in [2.05, 4.69) is 21.2 Å². The molecular weight excluding hydrogens is 312 g/mol. The third-order valence-corrected chi connectivity index (χ3v) is 3.54. The van der Waals surface area contributed by atoms with Crippen LogP contribution in [0.15, 0.2) is 16.6 Å². The first-order chi connectivity index (χ1) is 9.03. The predicted octanol–water partition coefficient (Wildman–Crippen LogP) is 1.68. The molecule has 1 amide bonds. The highest BCUT2D eigenvalue weighted by molar-refractivity contribution is 9.10. The van der Waals surface area contributed by atoms with Gasteiger partial charge in [0.15, 0.2) is 11.5 Å². The molecule has 1 aromatic carbocycles.